The Labute approximate surface area is 118 Å². The van der Waals surface area contributed by atoms with Crippen molar-refractivity contribution in [3.63, 3.8) is 0 Å². The van der Waals surface area contributed by atoms with Gasteiger partial charge in [-0.25, -0.2) is 4.98 Å². The molecule has 1 unspecified atom stereocenters. The molecule has 104 valence electrons. The fourth-order valence-corrected chi connectivity index (χ4v) is 3.71. The van der Waals surface area contributed by atoms with Gasteiger partial charge in [-0.1, -0.05) is 27.2 Å². The molecule has 2 heterocycles. The Morgan fingerprint density at radius 1 is 1.37 bits per heavy atom. The maximum atomic E-state index is 12.6. The van der Waals surface area contributed by atoms with Crippen LogP contribution < -0.4 is 5.56 Å². The van der Waals surface area contributed by atoms with Gasteiger partial charge >= 0.3 is 0 Å². The van der Waals surface area contributed by atoms with E-state index >= 15 is 0 Å². The normalized spacial score (nSPS) is 13.1. The van der Waals surface area contributed by atoms with Crippen molar-refractivity contribution in [2.75, 3.05) is 0 Å². The standard InChI is InChI=1S/C15H22N2OS/c1-5-8-11(6-2)13-9-19-15-16-10(4)12(7-3)14(18)17(13)15/h9,11H,5-8H2,1-4H3. The molecule has 0 fully saturated rings. The van der Waals surface area contributed by atoms with Crippen LogP contribution in [0.2, 0.25) is 0 Å². The van der Waals surface area contributed by atoms with Crippen molar-refractivity contribution in [2.24, 2.45) is 0 Å². The molecule has 0 N–H and O–H groups in total. The van der Waals surface area contributed by atoms with E-state index in [9.17, 15) is 4.79 Å². The van der Waals surface area contributed by atoms with Crippen molar-refractivity contribution < 1.29 is 0 Å². The lowest BCUT2D eigenvalue weighted by atomic mass is 9.98. The zero-order valence-electron chi connectivity index (χ0n) is 12.2. The Morgan fingerprint density at radius 2 is 2.11 bits per heavy atom. The summed E-state index contributed by atoms with van der Waals surface area (Å²) in [4.78, 5) is 18.0. The number of aromatic nitrogens is 2. The monoisotopic (exact) mass is 278 g/mol. The van der Waals surface area contributed by atoms with Crippen molar-refractivity contribution in [2.45, 2.75) is 59.3 Å². The highest BCUT2D eigenvalue weighted by Crippen LogP contribution is 2.27. The molecule has 2 aromatic heterocycles. The van der Waals surface area contributed by atoms with Crippen LogP contribution in [-0.2, 0) is 6.42 Å². The average Bonchev–Trinajstić information content (AvgIpc) is 2.80. The van der Waals surface area contributed by atoms with Crippen LogP contribution in [0.3, 0.4) is 0 Å². The number of aryl methyl sites for hydroxylation is 1. The quantitative estimate of drug-likeness (QED) is 0.830. The SMILES string of the molecule is CCCC(CC)c1csc2nc(C)c(CC)c(=O)n12. The molecule has 0 aliphatic carbocycles. The number of nitrogens with zero attached hydrogens (tertiary/aromatic N) is 2. The van der Waals surface area contributed by atoms with Gasteiger partial charge in [-0.2, -0.15) is 0 Å². The highest BCUT2D eigenvalue weighted by Gasteiger charge is 2.18. The summed E-state index contributed by atoms with van der Waals surface area (Å²) in [7, 11) is 0. The van der Waals surface area contributed by atoms with Crippen molar-refractivity contribution >= 4 is 16.3 Å². The Balaban J connectivity index is 2.67. The zero-order valence-corrected chi connectivity index (χ0v) is 13.0. The summed E-state index contributed by atoms with van der Waals surface area (Å²) in [5.74, 6) is 0.464. The predicted octanol–water partition coefficient (Wildman–Crippen LogP) is 3.92. The van der Waals surface area contributed by atoms with E-state index in [4.69, 9.17) is 0 Å². The first-order valence-corrected chi connectivity index (χ1v) is 8.01. The van der Waals surface area contributed by atoms with E-state index in [1.54, 1.807) is 11.3 Å². The molecular formula is C15H22N2OS. The Hall–Kier alpha value is -1.16. The van der Waals surface area contributed by atoms with Gasteiger partial charge in [0.25, 0.3) is 5.56 Å². The molecule has 19 heavy (non-hydrogen) atoms. The fraction of sp³-hybridized carbons (Fsp3) is 0.600. The van der Waals surface area contributed by atoms with Gasteiger partial charge in [-0.05, 0) is 26.2 Å². The van der Waals surface area contributed by atoms with E-state index in [0.29, 0.717) is 5.92 Å². The summed E-state index contributed by atoms with van der Waals surface area (Å²) in [5.41, 5.74) is 3.01. The molecule has 0 spiro atoms. The first-order valence-electron chi connectivity index (χ1n) is 7.13. The highest BCUT2D eigenvalue weighted by atomic mass is 32.1. The summed E-state index contributed by atoms with van der Waals surface area (Å²) in [6, 6.07) is 0. The van der Waals surface area contributed by atoms with Gasteiger partial charge in [-0.3, -0.25) is 9.20 Å². The molecule has 3 nitrogen and oxygen atoms in total. The molecule has 0 aliphatic rings. The van der Waals surface area contributed by atoms with Crippen LogP contribution in [0.25, 0.3) is 4.96 Å². The van der Waals surface area contributed by atoms with Gasteiger partial charge in [0.1, 0.15) is 0 Å². The van der Waals surface area contributed by atoms with Gasteiger partial charge in [0.05, 0.1) is 0 Å². The zero-order chi connectivity index (χ0) is 14.0. The predicted molar refractivity (Wildman–Crippen MR) is 81.4 cm³/mol. The van der Waals surface area contributed by atoms with E-state index in [0.717, 1.165) is 47.6 Å². The summed E-state index contributed by atoms with van der Waals surface area (Å²) >= 11 is 1.58. The number of hydrogen-bond donors (Lipinski definition) is 0. The van der Waals surface area contributed by atoms with Gasteiger partial charge in [0.15, 0.2) is 4.96 Å². The molecule has 4 heteroatoms. The van der Waals surface area contributed by atoms with E-state index < -0.39 is 0 Å². The third-order valence-corrected chi connectivity index (χ3v) is 4.64. The summed E-state index contributed by atoms with van der Waals surface area (Å²) < 4.78 is 1.85. The van der Waals surface area contributed by atoms with Gasteiger partial charge in [-0.15, -0.1) is 11.3 Å². The van der Waals surface area contributed by atoms with Gasteiger partial charge < -0.3 is 0 Å². The second-order valence-corrected chi connectivity index (χ2v) is 5.84. The van der Waals surface area contributed by atoms with Crippen LogP contribution in [0.1, 0.15) is 62.9 Å². The lowest BCUT2D eigenvalue weighted by Crippen LogP contribution is -2.22. The minimum Gasteiger partial charge on any atom is -0.269 e. The molecule has 0 saturated carbocycles. The molecule has 0 bridgehead atoms. The smallest absolute Gasteiger partial charge is 0.262 e. The maximum absolute atomic E-state index is 12.6. The minimum atomic E-state index is 0.135. The van der Waals surface area contributed by atoms with E-state index in [-0.39, 0.29) is 5.56 Å². The summed E-state index contributed by atoms with van der Waals surface area (Å²) in [6.45, 7) is 8.34. The van der Waals surface area contributed by atoms with E-state index in [2.05, 4.69) is 24.2 Å². The Morgan fingerprint density at radius 3 is 2.68 bits per heavy atom. The lowest BCUT2D eigenvalue weighted by Gasteiger charge is -2.14. The molecule has 2 aromatic rings. The van der Waals surface area contributed by atoms with E-state index in [1.807, 2.05) is 18.2 Å². The largest absolute Gasteiger partial charge is 0.269 e. The number of fused-ring (bicyclic) bond motifs is 1. The minimum absolute atomic E-state index is 0.135. The third-order valence-electron chi connectivity index (χ3n) is 3.80. The maximum Gasteiger partial charge on any atom is 0.262 e. The highest BCUT2D eigenvalue weighted by molar-refractivity contribution is 7.15. The third kappa shape index (κ3) is 2.46. The lowest BCUT2D eigenvalue weighted by molar-refractivity contribution is 0.574. The van der Waals surface area contributed by atoms with Crippen LogP contribution in [0.15, 0.2) is 10.2 Å². The number of rotatable bonds is 5. The molecule has 0 radical (unpaired) electrons. The van der Waals surface area contributed by atoms with Crippen LogP contribution >= 0.6 is 11.3 Å². The fourth-order valence-electron chi connectivity index (χ4n) is 2.71. The van der Waals surface area contributed by atoms with Crippen molar-refractivity contribution in [1.29, 1.82) is 0 Å². The summed E-state index contributed by atoms with van der Waals surface area (Å²) in [5, 5.41) is 2.12. The molecule has 1 atom stereocenters. The topological polar surface area (TPSA) is 34.4 Å². The van der Waals surface area contributed by atoms with Crippen molar-refractivity contribution in [3.8, 4) is 0 Å². The molecule has 0 aliphatic heterocycles. The average molecular weight is 278 g/mol. The van der Waals surface area contributed by atoms with Crippen LogP contribution in [-0.4, -0.2) is 9.38 Å². The van der Waals surface area contributed by atoms with E-state index in [1.165, 1.54) is 0 Å². The molecular weight excluding hydrogens is 256 g/mol. The number of hydrogen-bond acceptors (Lipinski definition) is 3. The Kier molecular flexibility index (Phi) is 4.40. The van der Waals surface area contributed by atoms with Crippen LogP contribution in [0.4, 0.5) is 0 Å². The second kappa shape index (κ2) is 5.87. The first kappa shape index (κ1) is 14.3. The Bertz CT molecular complexity index is 627. The van der Waals surface area contributed by atoms with Crippen molar-refractivity contribution in [1.82, 2.24) is 9.38 Å². The van der Waals surface area contributed by atoms with Gasteiger partial charge in [0, 0.05) is 28.2 Å². The van der Waals surface area contributed by atoms with Gasteiger partial charge in [0.2, 0.25) is 0 Å². The molecule has 0 saturated heterocycles. The molecule has 2 rings (SSSR count). The van der Waals surface area contributed by atoms with Crippen LogP contribution in [0, 0.1) is 6.92 Å². The summed E-state index contributed by atoms with van der Waals surface area (Å²) in [6.07, 6.45) is 4.09. The molecule has 0 amide bonds. The van der Waals surface area contributed by atoms with Crippen LogP contribution in [0.5, 0.6) is 0 Å². The second-order valence-electron chi connectivity index (χ2n) is 5.01. The molecule has 0 aromatic carbocycles. The number of thiazole rings is 1. The van der Waals surface area contributed by atoms with Crippen molar-refractivity contribution in [3.05, 3.63) is 32.7 Å². The first-order chi connectivity index (χ1) is 9.13.